The van der Waals surface area contributed by atoms with Crippen molar-refractivity contribution in [3.8, 4) is 0 Å². The van der Waals surface area contributed by atoms with Gasteiger partial charge >= 0.3 is 0 Å². The topological polar surface area (TPSA) is 104 Å². The Hall–Kier alpha value is -3.49. The second kappa shape index (κ2) is 9.56. The molecular formula is C25H26N4O3S. The van der Waals surface area contributed by atoms with Crippen LogP contribution >= 0.6 is 0 Å². The van der Waals surface area contributed by atoms with E-state index in [0.717, 1.165) is 16.6 Å². The summed E-state index contributed by atoms with van der Waals surface area (Å²) < 4.78 is 27.6. The molecule has 3 N–H and O–H groups in total. The van der Waals surface area contributed by atoms with Gasteiger partial charge in [-0.25, -0.2) is 18.1 Å². The number of rotatable bonds is 8. The molecule has 8 heteroatoms. The molecule has 0 radical (unpaired) electrons. The predicted molar refractivity (Wildman–Crippen MR) is 128 cm³/mol. The lowest BCUT2D eigenvalue weighted by molar-refractivity contribution is 0.0934. The molecule has 0 aliphatic rings. The molecule has 0 aliphatic heterocycles. The van der Waals surface area contributed by atoms with Crippen molar-refractivity contribution >= 4 is 27.0 Å². The number of hydrogen-bond donors (Lipinski definition) is 3. The van der Waals surface area contributed by atoms with Crippen LogP contribution in [0.5, 0.6) is 0 Å². The first kappa shape index (κ1) is 22.7. The Morgan fingerprint density at radius 3 is 2.42 bits per heavy atom. The summed E-state index contributed by atoms with van der Waals surface area (Å²) >= 11 is 0. The van der Waals surface area contributed by atoms with Gasteiger partial charge in [-0.2, -0.15) is 0 Å². The molecule has 4 rings (SSSR count). The van der Waals surface area contributed by atoms with E-state index in [0.29, 0.717) is 12.2 Å². The van der Waals surface area contributed by atoms with Gasteiger partial charge < -0.3 is 10.3 Å². The van der Waals surface area contributed by atoms with Crippen molar-refractivity contribution in [3.05, 3.63) is 95.8 Å². The van der Waals surface area contributed by atoms with Gasteiger partial charge in [0.25, 0.3) is 5.91 Å². The molecule has 0 saturated carbocycles. The summed E-state index contributed by atoms with van der Waals surface area (Å²) in [6, 6.07) is 22.8. The van der Waals surface area contributed by atoms with Gasteiger partial charge in [-0.05, 0) is 56.2 Å². The molecule has 170 valence electrons. The summed E-state index contributed by atoms with van der Waals surface area (Å²) in [5, 5.41) is 3.03. The minimum Gasteiger partial charge on any atom is -0.342 e. The standard InChI is InChI=1S/C25H26N4O3S/c1-17(2)29-33(31,32)20-12-8-11-19(16-20)25(30)28-23(15-18-9-4-3-5-10-18)24-26-21-13-6-7-14-22(21)27-24/h3-14,16-17,23,29H,15H2,1-2H3,(H,26,27)(H,28,30)/t23-/m0/s1. The highest BCUT2D eigenvalue weighted by Crippen LogP contribution is 2.21. The van der Waals surface area contributed by atoms with Crippen molar-refractivity contribution in [1.29, 1.82) is 0 Å². The number of H-pyrrole nitrogens is 1. The van der Waals surface area contributed by atoms with E-state index in [1.54, 1.807) is 26.0 Å². The van der Waals surface area contributed by atoms with Gasteiger partial charge in [0.15, 0.2) is 0 Å². The monoisotopic (exact) mass is 462 g/mol. The van der Waals surface area contributed by atoms with Crippen LogP contribution in [0.1, 0.15) is 41.6 Å². The van der Waals surface area contributed by atoms with Gasteiger partial charge in [0.05, 0.1) is 22.0 Å². The Bertz CT molecular complexity index is 1330. The Labute approximate surface area is 193 Å². The van der Waals surface area contributed by atoms with Gasteiger partial charge in [-0.3, -0.25) is 4.79 Å². The van der Waals surface area contributed by atoms with Crippen LogP contribution in [0, 0.1) is 0 Å². The Morgan fingerprint density at radius 1 is 0.970 bits per heavy atom. The molecular weight excluding hydrogens is 436 g/mol. The second-order valence-corrected chi connectivity index (χ2v) is 9.87. The maximum atomic E-state index is 13.2. The van der Waals surface area contributed by atoms with Crippen molar-refractivity contribution in [2.75, 3.05) is 0 Å². The van der Waals surface area contributed by atoms with E-state index in [9.17, 15) is 13.2 Å². The van der Waals surface area contributed by atoms with Crippen LogP contribution in [0.4, 0.5) is 0 Å². The minimum atomic E-state index is -3.71. The van der Waals surface area contributed by atoms with E-state index in [2.05, 4.69) is 20.0 Å². The fourth-order valence-electron chi connectivity index (χ4n) is 3.63. The quantitative estimate of drug-likeness (QED) is 0.369. The lowest BCUT2D eigenvalue weighted by atomic mass is 10.0. The zero-order valence-corrected chi connectivity index (χ0v) is 19.3. The fourth-order valence-corrected chi connectivity index (χ4v) is 4.92. The molecule has 3 aromatic carbocycles. The van der Waals surface area contributed by atoms with E-state index in [-0.39, 0.29) is 22.4 Å². The molecule has 0 aliphatic carbocycles. The van der Waals surface area contributed by atoms with Gasteiger partial charge in [0.2, 0.25) is 10.0 Å². The number of aromatic amines is 1. The molecule has 0 fully saturated rings. The van der Waals surface area contributed by atoms with Crippen molar-refractivity contribution in [3.63, 3.8) is 0 Å². The van der Waals surface area contributed by atoms with Gasteiger partial charge in [0, 0.05) is 11.6 Å². The number of para-hydroxylation sites is 2. The van der Waals surface area contributed by atoms with E-state index in [4.69, 9.17) is 0 Å². The van der Waals surface area contributed by atoms with Crippen LogP contribution in [0.2, 0.25) is 0 Å². The number of sulfonamides is 1. The number of carbonyl (C=O) groups is 1. The highest BCUT2D eigenvalue weighted by molar-refractivity contribution is 7.89. The van der Waals surface area contributed by atoms with Crippen LogP contribution < -0.4 is 10.0 Å². The first-order chi connectivity index (χ1) is 15.8. The highest BCUT2D eigenvalue weighted by Gasteiger charge is 2.22. The molecule has 1 heterocycles. The maximum absolute atomic E-state index is 13.2. The first-order valence-corrected chi connectivity index (χ1v) is 12.2. The number of hydrogen-bond acceptors (Lipinski definition) is 4. The average Bonchev–Trinajstić information content (AvgIpc) is 3.23. The molecule has 0 unspecified atom stereocenters. The van der Waals surface area contributed by atoms with Crippen molar-refractivity contribution in [1.82, 2.24) is 20.0 Å². The van der Waals surface area contributed by atoms with Gasteiger partial charge in [-0.15, -0.1) is 0 Å². The van der Waals surface area contributed by atoms with E-state index < -0.39 is 16.1 Å². The average molecular weight is 463 g/mol. The zero-order valence-electron chi connectivity index (χ0n) is 18.4. The predicted octanol–water partition coefficient (Wildman–Crippen LogP) is 3.96. The summed E-state index contributed by atoms with van der Waals surface area (Å²) in [6.07, 6.45) is 0.527. The molecule has 7 nitrogen and oxygen atoms in total. The molecule has 33 heavy (non-hydrogen) atoms. The number of aromatic nitrogens is 2. The summed E-state index contributed by atoms with van der Waals surface area (Å²) in [5.74, 6) is 0.261. The molecule has 0 saturated heterocycles. The molecule has 1 aromatic heterocycles. The third kappa shape index (κ3) is 5.47. The second-order valence-electron chi connectivity index (χ2n) is 8.16. The Balaban J connectivity index is 1.63. The van der Waals surface area contributed by atoms with Gasteiger partial charge in [-0.1, -0.05) is 48.5 Å². The number of carbonyl (C=O) groups excluding carboxylic acids is 1. The summed E-state index contributed by atoms with van der Waals surface area (Å²) in [4.78, 5) is 21.2. The Morgan fingerprint density at radius 2 is 1.70 bits per heavy atom. The van der Waals surface area contributed by atoms with Crippen LogP contribution in [-0.4, -0.2) is 30.3 Å². The third-order valence-corrected chi connectivity index (χ3v) is 6.78. The molecule has 0 bridgehead atoms. The Kier molecular flexibility index (Phi) is 6.57. The number of imidazole rings is 1. The first-order valence-electron chi connectivity index (χ1n) is 10.7. The highest BCUT2D eigenvalue weighted by atomic mass is 32.2. The SMILES string of the molecule is CC(C)NS(=O)(=O)c1cccc(C(=O)N[C@@H](Cc2ccccc2)c2nc3ccccc3[nH]2)c1. The number of nitrogens with one attached hydrogen (secondary N) is 3. The number of nitrogens with zero attached hydrogens (tertiary/aromatic N) is 1. The third-order valence-electron chi connectivity index (χ3n) is 5.12. The maximum Gasteiger partial charge on any atom is 0.251 e. The normalized spacial score (nSPS) is 12.7. The van der Waals surface area contributed by atoms with Crippen LogP contribution in [0.3, 0.4) is 0 Å². The lowest BCUT2D eigenvalue weighted by Crippen LogP contribution is -2.32. The molecule has 0 spiro atoms. The van der Waals surface area contributed by atoms with Crippen molar-refractivity contribution in [2.45, 2.75) is 37.2 Å². The van der Waals surface area contributed by atoms with Crippen molar-refractivity contribution in [2.24, 2.45) is 0 Å². The summed E-state index contributed by atoms with van der Waals surface area (Å²) in [7, 11) is -3.71. The molecule has 1 amide bonds. The number of amides is 1. The number of fused-ring (bicyclic) bond motifs is 1. The fraction of sp³-hybridized carbons (Fsp3) is 0.200. The molecule has 1 atom stereocenters. The smallest absolute Gasteiger partial charge is 0.251 e. The van der Waals surface area contributed by atoms with Crippen LogP contribution in [0.15, 0.2) is 83.8 Å². The van der Waals surface area contributed by atoms with Gasteiger partial charge in [0.1, 0.15) is 5.82 Å². The zero-order chi connectivity index (χ0) is 23.4. The lowest BCUT2D eigenvalue weighted by Gasteiger charge is -2.17. The largest absolute Gasteiger partial charge is 0.342 e. The summed E-state index contributed by atoms with van der Waals surface area (Å²) in [6.45, 7) is 3.49. The van der Waals surface area contributed by atoms with E-state index in [1.165, 1.54) is 12.1 Å². The van der Waals surface area contributed by atoms with Crippen molar-refractivity contribution < 1.29 is 13.2 Å². The van der Waals surface area contributed by atoms with Crippen LogP contribution in [-0.2, 0) is 16.4 Å². The number of benzene rings is 3. The van der Waals surface area contributed by atoms with E-state index in [1.807, 2.05) is 54.6 Å². The van der Waals surface area contributed by atoms with E-state index >= 15 is 0 Å². The molecule has 4 aromatic rings. The summed E-state index contributed by atoms with van der Waals surface area (Å²) in [5.41, 5.74) is 3.00. The minimum absolute atomic E-state index is 0.0483. The van der Waals surface area contributed by atoms with Crippen LogP contribution in [0.25, 0.3) is 11.0 Å².